The van der Waals surface area contributed by atoms with E-state index in [9.17, 15) is 9.18 Å². The maximum atomic E-state index is 14.3. The van der Waals surface area contributed by atoms with E-state index in [0.717, 1.165) is 11.4 Å². The number of nitrogens with zero attached hydrogens (tertiary/aromatic N) is 3. The summed E-state index contributed by atoms with van der Waals surface area (Å²) in [6.45, 7) is 1.89. The number of carbonyl (C=O) groups excluding carboxylic acids is 1. The van der Waals surface area contributed by atoms with Crippen molar-refractivity contribution >= 4 is 17.3 Å². The minimum atomic E-state index is -0.536. The molecule has 0 bridgehead atoms. The van der Waals surface area contributed by atoms with Crippen LogP contribution in [0.15, 0.2) is 72.9 Å². The number of hydrogen-bond donors (Lipinski definition) is 0. The van der Waals surface area contributed by atoms with E-state index in [1.165, 1.54) is 12.1 Å². The molecule has 1 unspecified atom stereocenters. The lowest BCUT2D eigenvalue weighted by atomic mass is 10.1. The molecule has 27 heavy (non-hydrogen) atoms. The predicted octanol–water partition coefficient (Wildman–Crippen LogP) is 4.69. The Morgan fingerprint density at radius 1 is 0.926 bits per heavy atom. The third-order valence-electron chi connectivity index (χ3n) is 4.47. The number of hydrogen-bond acceptors (Lipinski definition) is 3. The highest BCUT2D eigenvalue weighted by molar-refractivity contribution is 6.06. The van der Waals surface area contributed by atoms with Gasteiger partial charge in [-0.1, -0.05) is 18.2 Å². The molecule has 4 nitrogen and oxygen atoms in total. The Kier molecular flexibility index (Phi) is 5.50. The van der Waals surface area contributed by atoms with Crippen molar-refractivity contribution < 1.29 is 9.18 Å². The minimum absolute atomic E-state index is 0.0389. The van der Waals surface area contributed by atoms with Crippen LogP contribution in [-0.2, 0) is 0 Å². The topological polar surface area (TPSA) is 36.4 Å². The zero-order valence-electron chi connectivity index (χ0n) is 15.6. The second-order valence-electron chi connectivity index (χ2n) is 6.50. The quantitative estimate of drug-likeness (QED) is 0.660. The molecule has 3 aromatic rings. The van der Waals surface area contributed by atoms with E-state index in [0.29, 0.717) is 5.69 Å². The van der Waals surface area contributed by atoms with E-state index in [2.05, 4.69) is 4.98 Å². The van der Waals surface area contributed by atoms with Gasteiger partial charge in [-0.15, -0.1) is 0 Å². The average Bonchev–Trinajstić information content (AvgIpc) is 2.69. The van der Waals surface area contributed by atoms with Gasteiger partial charge in [-0.25, -0.2) is 4.39 Å². The molecule has 0 aliphatic carbocycles. The molecule has 0 saturated carbocycles. The Labute approximate surface area is 158 Å². The first-order valence-electron chi connectivity index (χ1n) is 8.75. The van der Waals surface area contributed by atoms with Gasteiger partial charge >= 0.3 is 0 Å². The van der Waals surface area contributed by atoms with Crippen LogP contribution in [0.3, 0.4) is 0 Å². The van der Waals surface area contributed by atoms with Crippen molar-refractivity contribution in [3.63, 3.8) is 0 Å². The molecule has 3 rings (SSSR count). The van der Waals surface area contributed by atoms with Gasteiger partial charge in [-0.3, -0.25) is 14.7 Å². The fraction of sp³-hybridized carbons (Fsp3) is 0.182. The van der Waals surface area contributed by atoms with Crippen LogP contribution in [-0.4, -0.2) is 25.0 Å². The standard InChI is InChI=1S/C22H22FN3O/c1-16(21-10-6-7-15-24-21)26(18-13-11-17(12-14-18)25(2)3)22(27)19-8-4-5-9-20(19)23/h4-16H,1-3H3. The van der Waals surface area contributed by atoms with E-state index in [-0.39, 0.29) is 11.6 Å². The van der Waals surface area contributed by atoms with Crippen LogP contribution in [0.2, 0.25) is 0 Å². The predicted molar refractivity (Wildman–Crippen MR) is 107 cm³/mol. The third kappa shape index (κ3) is 3.97. The molecule has 5 heteroatoms. The number of amides is 1. The fourth-order valence-electron chi connectivity index (χ4n) is 2.95. The SMILES string of the molecule is CC(c1ccccn1)N(C(=O)c1ccccc1F)c1ccc(N(C)C)cc1. The van der Waals surface area contributed by atoms with Gasteiger partial charge < -0.3 is 4.90 Å². The number of carbonyl (C=O) groups is 1. The van der Waals surface area contributed by atoms with Gasteiger partial charge in [-0.2, -0.15) is 0 Å². The molecule has 0 aliphatic rings. The lowest BCUT2D eigenvalue weighted by Crippen LogP contribution is -2.34. The molecule has 138 valence electrons. The number of rotatable bonds is 5. The molecule has 0 fully saturated rings. The highest BCUT2D eigenvalue weighted by Gasteiger charge is 2.27. The van der Waals surface area contributed by atoms with Crippen LogP contribution in [0.4, 0.5) is 15.8 Å². The first-order valence-corrected chi connectivity index (χ1v) is 8.75. The second kappa shape index (κ2) is 7.99. The minimum Gasteiger partial charge on any atom is -0.378 e. The van der Waals surface area contributed by atoms with E-state index in [1.54, 1.807) is 23.2 Å². The molecule has 0 saturated heterocycles. The normalized spacial score (nSPS) is 11.7. The number of aromatic nitrogens is 1. The maximum Gasteiger partial charge on any atom is 0.261 e. The number of halogens is 1. The lowest BCUT2D eigenvalue weighted by molar-refractivity contribution is 0.0974. The summed E-state index contributed by atoms with van der Waals surface area (Å²) < 4.78 is 14.3. The number of anilines is 2. The molecule has 1 atom stereocenters. The second-order valence-corrected chi connectivity index (χ2v) is 6.50. The van der Waals surface area contributed by atoms with Gasteiger partial charge in [0.25, 0.3) is 5.91 Å². The first kappa shape index (κ1) is 18.6. The summed E-state index contributed by atoms with van der Waals surface area (Å²) in [7, 11) is 3.90. The largest absolute Gasteiger partial charge is 0.378 e. The molecular formula is C22H22FN3O. The molecule has 0 N–H and O–H groups in total. The molecule has 0 spiro atoms. The van der Waals surface area contributed by atoms with Crippen molar-refractivity contribution in [2.75, 3.05) is 23.9 Å². The highest BCUT2D eigenvalue weighted by Crippen LogP contribution is 2.30. The Bertz CT molecular complexity index is 910. The van der Waals surface area contributed by atoms with Crippen LogP contribution in [0.1, 0.15) is 29.0 Å². The molecular weight excluding hydrogens is 341 g/mol. The Morgan fingerprint density at radius 2 is 1.56 bits per heavy atom. The summed E-state index contributed by atoms with van der Waals surface area (Å²) in [4.78, 5) is 21.2. The Balaban J connectivity index is 2.06. The van der Waals surface area contributed by atoms with Crippen LogP contribution in [0.25, 0.3) is 0 Å². The molecule has 0 radical (unpaired) electrons. The fourth-order valence-corrected chi connectivity index (χ4v) is 2.95. The molecule has 0 aliphatic heterocycles. The smallest absolute Gasteiger partial charge is 0.261 e. The van der Waals surface area contributed by atoms with Crippen LogP contribution < -0.4 is 9.80 Å². The Hall–Kier alpha value is -3.21. The summed E-state index contributed by atoms with van der Waals surface area (Å²) >= 11 is 0. The van der Waals surface area contributed by atoms with Crippen molar-refractivity contribution in [3.8, 4) is 0 Å². The third-order valence-corrected chi connectivity index (χ3v) is 4.47. The van der Waals surface area contributed by atoms with Crippen molar-refractivity contribution in [3.05, 3.63) is 90.0 Å². The highest BCUT2D eigenvalue weighted by atomic mass is 19.1. The molecule has 1 heterocycles. The number of benzene rings is 2. The lowest BCUT2D eigenvalue weighted by Gasteiger charge is -2.29. The zero-order valence-corrected chi connectivity index (χ0v) is 15.6. The molecule has 1 amide bonds. The van der Waals surface area contributed by atoms with Gasteiger partial charge in [0.2, 0.25) is 0 Å². The zero-order chi connectivity index (χ0) is 19.4. The van der Waals surface area contributed by atoms with Gasteiger partial charge in [-0.05, 0) is 55.5 Å². The van der Waals surface area contributed by atoms with E-state index in [4.69, 9.17) is 0 Å². The van der Waals surface area contributed by atoms with Crippen LogP contribution in [0, 0.1) is 5.82 Å². The van der Waals surface area contributed by atoms with E-state index >= 15 is 0 Å². The summed E-state index contributed by atoms with van der Waals surface area (Å²) in [6, 6.07) is 18.8. The Morgan fingerprint density at radius 3 is 2.15 bits per heavy atom. The van der Waals surface area contributed by atoms with Crippen molar-refractivity contribution in [1.29, 1.82) is 0 Å². The van der Waals surface area contributed by atoms with Gasteiger partial charge in [0.05, 0.1) is 17.3 Å². The summed E-state index contributed by atoms with van der Waals surface area (Å²) in [5.41, 5.74) is 2.48. The monoisotopic (exact) mass is 363 g/mol. The van der Waals surface area contributed by atoms with Crippen LogP contribution >= 0.6 is 0 Å². The molecule has 1 aromatic heterocycles. The summed E-state index contributed by atoms with van der Waals surface area (Å²) in [6.07, 6.45) is 1.69. The molecule has 2 aromatic carbocycles. The average molecular weight is 363 g/mol. The number of pyridine rings is 1. The van der Waals surface area contributed by atoms with E-state index in [1.807, 2.05) is 68.4 Å². The van der Waals surface area contributed by atoms with Gasteiger partial charge in [0, 0.05) is 31.7 Å². The van der Waals surface area contributed by atoms with Crippen LogP contribution in [0.5, 0.6) is 0 Å². The van der Waals surface area contributed by atoms with Crippen molar-refractivity contribution in [2.45, 2.75) is 13.0 Å². The van der Waals surface area contributed by atoms with Gasteiger partial charge in [0.1, 0.15) is 5.82 Å². The summed E-state index contributed by atoms with van der Waals surface area (Å²) in [5, 5.41) is 0. The van der Waals surface area contributed by atoms with Gasteiger partial charge in [0.15, 0.2) is 0 Å². The summed E-state index contributed by atoms with van der Waals surface area (Å²) in [5.74, 6) is -0.936. The van der Waals surface area contributed by atoms with E-state index < -0.39 is 11.7 Å². The maximum absolute atomic E-state index is 14.3. The van der Waals surface area contributed by atoms with Crippen molar-refractivity contribution in [2.24, 2.45) is 0 Å². The first-order chi connectivity index (χ1) is 13.0. The van der Waals surface area contributed by atoms with Crippen molar-refractivity contribution in [1.82, 2.24) is 4.98 Å².